The van der Waals surface area contributed by atoms with Crippen LogP contribution in [0.2, 0.25) is 0 Å². The van der Waals surface area contributed by atoms with Crippen molar-refractivity contribution in [3.05, 3.63) is 138 Å². The summed E-state index contributed by atoms with van der Waals surface area (Å²) in [6.07, 6.45) is -1.10. The molecule has 0 saturated carbocycles. The number of ether oxygens (including phenoxy) is 1. The molecule has 5 nitrogen and oxygen atoms in total. The van der Waals surface area contributed by atoms with Gasteiger partial charge in [0.25, 0.3) is 5.91 Å². The molecule has 35 heavy (non-hydrogen) atoms. The molecule has 0 aliphatic heterocycles. The maximum Gasteiger partial charge on any atom is 0.338 e. The lowest BCUT2D eigenvalue weighted by atomic mass is 9.99. The minimum Gasteiger partial charge on any atom is -0.449 e. The van der Waals surface area contributed by atoms with Crippen molar-refractivity contribution in [3.8, 4) is 0 Å². The van der Waals surface area contributed by atoms with Crippen LogP contribution in [0.4, 0.5) is 5.69 Å². The largest absolute Gasteiger partial charge is 0.449 e. The van der Waals surface area contributed by atoms with Gasteiger partial charge in [0.1, 0.15) is 0 Å². The van der Waals surface area contributed by atoms with Gasteiger partial charge in [-0.15, -0.1) is 0 Å². The summed E-state index contributed by atoms with van der Waals surface area (Å²) in [7, 11) is 0. The molecule has 0 aromatic heterocycles. The van der Waals surface area contributed by atoms with E-state index in [2.05, 4.69) is 21.2 Å². The maximum atomic E-state index is 13.3. The first-order valence-corrected chi connectivity index (χ1v) is 11.9. The Bertz CT molecular complexity index is 1310. The van der Waals surface area contributed by atoms with Gasteiger partial charge in [0.2, 0.25) is 5.78 Å². The lowest BCUT2D eigenvalue weighted by molar-refractivity contribution is 0.0282. The average Bonchev–Trinajstić information content (AvgIpc) is 2.92. The summed E-state index contributed by atoms with van der Waals surface area (Å²) in [4.78, 5) is 38.4. The number of ketones is 1. The Morgan fingerprint density at radius 3 is 1.83 bits per heavy atom. The van der Waals surface area contributed by atoms with Crippen molar-refractivity contribution in [2.45, 2.75) is 10.9 Å². The molecular formula is C29H22BrNO4. The normalized spacial score (nSPS) is 12.3. The molecule has 0 heterocycles. The summed E-state index contributed by atoms with van der Waals surface area (Å²) >= 11 is 3.57. The van der Waals surface area contributed by atoms with Crippen LogP contribution in [0.15, 0.2) is 115 Å². The van der Waals surface area contributed by atoms with E-state index < -0.39 is 16.9 Å². The predicted octanol–water partition coefficient (Wildman–Crippen LogP) is 6.48. The van der Waals surface area contributed by atoms with Crippen molar-refractivity contribution in [2.75, 3.05) is 5.32 Å². The number of rotatable bonds is 8. The third kappa shape index (κ3) is 6.11. The first-order chi connectivity index (χ1) is 17.0. The van der Waals surface area contributed by atoms with Gasteiger partial charge in [0.05, 0.1) is 10.4 Å². The van der Waals surface area contributed by atoms with Gasteiger partial charge in [0, 0.05) is 16.8 Å². The minimum absolute atomic E-state index is 0.217. The van der Waals surface area contributed by atoms with Crippen molar-refractivity contribution in [2.24, 2.45) is 0 Å². The van der Waals surface area contributed by atoms with Crippen molar-refractivity contribution in [1.82, 2.24) is 0 Å². The topological polar surface area (TPSA) is 72.5 Å². The van der Waals surface area contributed by atoms with Gasteiger partial charge in [-0.25, -0.2) is 4.79 Å². The molecule has 0 spiro atoms. The summed E-state index contributed by atoms with van der Waals surface area (Å²) in [5.74, 6) is -1.29. The summed E-state index contributed by atoms with van der Waals surface area (Å²) < 4.78 is 5.77. The second kappa shape index (κ2) is 11.4. The number of amides is 1. The van der Waals surface area contributed by atoms with Crippen LogP contribution in [0.5, 0.6) is 0 Å². The number of esters is 1. The van der Waals surface area contributed by atoms with E-state index in [1.54, 1.807) is 66.7 Å². The van der Waals surface area contributed by atoms with Crippen LogP contribution >= 0.6 is 15.9 Å². The van der Waals surface area contributed by atoms with Crippen LogP contribution in [-0.4, -0.2) is 23.8 Å². The molecule has 0 aliphatic carbocycles. The highest BCUT2D eigenvalue weighted by molar-refractivity contribution is 9.09. The molecule has 174 valence electrons. The van der Waals surface area contributed by atoms with E-state index in [-0.39, 0.29) is 17.3 Å². The number of hydrogen-bond donors (Lipinski definition) is 1. The van der Waals surface area contributed by atoms with Crippen molar-refractivity contribution in [3.63, 3.8) is 0 Å². The first kappa shape index (κ1) is 24.1. The highest BCUT2D eigenvalue weighted by atomic mass is 79.9. The van der Waals surface area contributed by atoms with Crippen molar-refractivity contribution in [1.29, 1.82) is 0 Å². The summed E-state index contributed by atoms with van der Waals surface area (Å²) in [5, 5.41) is 2.78. The number of Topliss-reactive ketones (excluding diaryl/α,β-unsaturated/α-hetero) is 1. The molecular weight excluding hydrogens is 506 g/mol. The van der Waals surface area contributed by atoms with Gasteiger partial charge in [-0.05, 0) is 35.9 Å². The first-order valence-electron chi connectivity index (χ1n) is 11.0. The van der Waals surface area contributed by atoms with Gasteiger partial charge in [-0.2, -0.15) is 0 Å². The van der Waals surface area contributed by atoms with Gasteiger partial charge in [-0.3, -0.25) is 9.59 Å². The van der Waals surface area contributed by atoms with Gasteiger partial charge >= 0.3 is 5.97 Å². The number of halogens is 1. The second-order valence-corrected chi connectivity index (χ2v) is 8.76. The number of anilines is 1. The molecule has 0 radical (unpaired) electrons. The number of carbonyl (C=O) groups is 3. The molecule has 1 N–H and O–H groups in total. The Morgan fingerprint density at radius 2 is 1.20 bits per heavy atom. The molecule has 0 bridgehead atoms. The third-order valence-corrected chi connectivity index (χ3v) is 6.34. The molecule has 0 unspecified atom stereocenters. The van der Waals surface area contributed by atoms with Gasteiger partial charge in [0.15, 0.2) is 6.10 Å². The Morgan fingerprint density at radius 1 is 0.657 bits per heavy atom. The zero-order valence-corrected chi connectivity index (χ0v) is 20.2. The number of alkyl halides is 1. The third-order valence-electron chi connectivity index (χ3n) is 5.33. The number of benzene rings is 4. The molecule has 1 amide bonds. The monoisotopic (exact) mass is 527 g/mol. The van der Waals surface area contributed by atoms with Crippen LogP contribution in [0, 0.1) is 0 Å². The average molecular weight is 528 g/mol. The fourth-order valence-corrected chi connectivity index (χ4v) is 4.18. The van der Waals surface area contributed by atoms with Gasteiger partial charge < -0.3 is 10.1 Å². The van der Waals surface area contributed by atoms with Crippen molar-refractivity contribution < 1.29 is 19.1 Å². The smallest absolute Gasteiger partial charge is 0.338 e. The molecule has 0 fully saturated rings. The zero-order valence-electron chi connectivity index (χ0n) is 18.6. The number of hydrogen-bond acceptors (Lipinski definition) is 4. The predicted molar refractivity (Wildman–Crippen MR) is 139 cm³/mol. The van der Waals surface area contributed by atoms with Crippen LogP contribution in [0.25, 0.3) is 0 Å². The van der Waals surface area contributed by atoms with E-state index in [1.165, 1.54) is 6.07 Å². The Balaban J connectivity index is 1.56. The lowest BCUT2D eigenvalue weighted by Crippen LogP contribution is -2.31. The van der Waals surface area contributed by atoms with Crippen LogP contribution in [0.1, 0.15) is 41.5 Å². The molecule has 6 heteroatoms. The Kier molecular flexibility index (Phi) is 7.85. The highest BCUT2D eigenvalue weighted by Gasteiger charge is 2.32. The second-order valence-electron chi connectivity index (χ2n) is 7.77. The van der Waals surface area contributed by atoms with E-state index >= 15 is 0 Å². The Hall–Kier alpha value is -4.03. The molecule has 4 aromatic carbocycles. The van der Waals surface area contributed by atoms with Crippen LogP contribution < -0.4 is 5.32 Å². The number of carbonyl (C=O) groups excluding carboxylic acids is 3. The summed E-state index contributed by atoms with van der Waals surface area (Å²) in [6.45, 7) is 0. The van der Waals surface area contributed by atoms with E-state index in [1.807, 2.05) is 42.5 Å². The van der Waals surface area contributed by atoms with E-state index in [0.717, 1.165) is 5.56 Å². The molecule has 4 rings (SSSR count). The summed E-state index contributed by atoms with van der Waals surface area (Å²) in [5.41, 5.74) is 2.40. The fraction of sp³-hybridized carbons (Fsp3) is 0.0690. The van der Waals surface area contributed by atoms with Crippen molar-refractivity contribution >= 4 is 39.3 Å². The number of nitrogens with one attached hydrogen (secondary N) is 1. The molecule has 0 saturated heterocycles. The molecule has 2 atom stereocenters. The Labute approximate surface area is 211 Å². The van der Waals surface area contributed by atoms with Crippen LogP contribution in [-0.2, 0) is 4.74 Å². The highest BCUT2D eigenvalue weighted by Crippen LogP contribution is 2.31. The van der Waals surface area contributed by atoms with E-state index in [0.29, 0.717) is 16.8 Å². The van der Waals surface area contributed by atoms with Crippen LogP contribution in [0.3, 0.4) is 0 Å². The SMILES string of the molecule is O=C(Nc1cccc(C(=O)O[C@H](C(=O)c2ccccc2)[C@H](Br)c2ccccc2)c1)c1ccccc1. The maximum absolute atomic E-state index is 13.3. The van der Waals surface area contributed by atoms with E-state index in [4.69, 9.17) is 4.74 Å². The summed E-state index contributed by atoms with van der Waals surface area (Å²) in [6, 6.07) is 33.2. The fourth-order valence-electron chi connectivity index (χ4n) is 3.52. The van der Waals surface area contributed by atoms with E-state index in [9.17, 15) is 14.4 Å². The standard InChI is InChI=1S/C29H22BrNO4/c30-25(20-11-4-1-5-12-20)27(26(32)21-13-6-2-7-14-21)35-29(34)23-17-10-18-24(19-23)31-28(33)22-15-8-3-9-16-22/h1-19,25,27H,(H,31,33)/t25-,27+/m1/s1. The molecule has 4 aromatic rings. The van der Waals surface area contributed by atoms with Gasteiger partial charge in [-0.1, -0.05) is 101 Å². The molecule has 0 aliphatic rings. The zero-order chi connectivity index (χ0) is 24.6. The quantitative estimate of drug-likeness (QED) is 0.161. The lowest BCUT2D eigenvalue weighted by Gasteiger charge is -2.22. The minimum atomic E-state index is -1.10.